The van der Waals surface area contributed by atoms with Gasteiger partial charge >= 0.3 is 0 Å². The van der Waals surface area contributed by atoms with Crippen LogP contribution in [0.1, 0.15) is 33.0 Å². The topological polar surface area (TPSA) is 90.1 Å². The van der Waals surface area contributed by atoms with Crippen LogP contribution in [0.15, 0.2) is 71.3 Å². The number of amides is 1. The van der Waals surface area contributed by atoms with Crippen molar-refractivity contribution in [3.05, 3.63) is 95.1 Å². The van der Waals surface area contributed by atoms with Gasteiger partial charge < -0.3 is 14.5 Å². The van der Waals surface area contributed by atoms with Gasteiger partial charge in [0.05, 0.1) is 18.2 Å². The summed E-state index contributed by atoms with van der Waals surface area (Å²) in [7, 11) is 1.63. The fourth-order valence-electron chi connectivity index (χ4n) is 3.79. The number of hydrogen-bond donors (Lipinski definition) is 1. The van der Waals surface area contributed by atoms with Gasteiger partial charge in [-0.3, -0.25) is 4.79 Å². The normalized spacial score (nSPS) is 11.1. The summed E-state index contributed by atoms with van der Waals surface area (Å²) in [6.07, 6.45) is 2.18. The van der Waals surface area contributed by atoms with Gasteiger partial charge in [-0.2, -0.15) is 0 Å². The number of carbonyl (C=O) groups is 1. The van der Waals surface area contributed by atoms with E-state index in [-0.39, 0.29) is 11.7 Å². The first-order chi connectivity index (χ1) is 16.1. The van der Waals surface area contributed by atoms with Crippen LogP contribution in [-0.4, -0.2) is 28.0 Å². The average Bonchev–Trinajstić information content (AvgIpc) is 3.23. The van der Waals surface area contributed by atoms with E-state index < -0.39 is 0 Å². The monoisotopic (exact) mass is 438 g/mol. The predicted octanol–water partition coefficient (Wildman–Crippen LogP) is 4.61. The molecular formula is C26H22N4O3. The smallest absolute Gasteiger partial charge is 0.289 e. The molecule has 33 heavy (non-hydrogen) atoms. The van der Waals surface area contributed by atoms with Crippen molar-refractivity contribution in [2.24, 2.45) is 0 Å². The first-order valence-corrected chi connectivity index (χ1v) is 10.6. The Morgan fingerprint density at radius 3 is 2.70 bits per heavy atom. The van der Waals surface area contributed by atoms with Gasteiger partial charge in [-0.05, 0) is 47.9 Å². The number of nitrogens with one attached hydrogen (secondary N) is 1. The second kappa shape index (κ2) is 8.70. The Morgan fingerprint density at radius 2 is 1.91 bits per heavy atom. The first-order valence-electron chi connectivity index (χ1n) is 10.6. The lowest BCUT2D eigenvalue weighted by atomic mass is 10.1. The Balaban J connectivity index is 1.50. The number of aryl methyl sites for hydroxylation is 1. The lowest BCUT2D eigenvalue weighted by molar-refractivity contribution is 0.0940. The third kappa shape index (κ3) is 4.13. The van der Waals surface area contributed by atoms with Crippen molar-refractivity contribution in [1.82, 2.24) is 20.3 Å². The lowest BCUT2D eigenvalue weighted by Gasteiger charge is -2.10. The van der Waals surface area contributed by atoms with Crippen LogP contribution in [0.2, 0.25) is 0 Å². The number of methoxy groups -OCH3 is 1. The lowest BCUT2D eigenvalue weighted by Crippen LogP contribution is -2.25. The second-order valence-corrected chi connectivity index (χ2v) is 7.77. The van der Waals surface area contributed by atoms with E-state index in [0.29, 0.717) is 35.5 Å². The summed E-state index contributed by atoms with van der Waals surface area (Å²) in [6, 6.07) is 19.4. The van der Waals surface area contributed by atoms with Crippen LogP contribution >= 0.6 is 0 Å². The maximum Gasteiger partial charge on any atom is 0.289 e. The molecule has 0 unspecified atom stereocenters. The standard InChI is InChI=1S/C26H22N4O3/c1-16-13-19(32-2)11-10-18(16)15-28-25(31)24-29-21(14-17-7-4-3-5-8-17)23-22(30-24)20-9-6-12-27-26(20)33-23/h3-13H,14-15H2,1-2H3,(H,28,31). The van der Waals surface area contributed by atoms with Crippen LogP contribution in [0.5, 0.6) is 5.75 Å². The number of furan rings is 1. The number of pyridine rings is 1. The Kier molecular flexibility index (Phi) is 5.44. The molecule has 3 aromatic heterocycles. The van der Waals surface area contributed by atoms with E-state index in [2.05, 4.69) is 20.3 Å². The largest absolute Gasteiger partial charge is 0.497 e. The minimum absolute atomic E-state index is 0.103. The molecule has 0 bridgehead atoms. The van der Waals surface area contributed by atoms with E-state index in [0.717, 1.165) is 27.8 Å². The van der Waals surface area contributed by atoms with Crippen LogP contribution in [0, 0.1) is 6.92 Å². The van der Waals surface area contributed by atoms with Gasteiger partial charge in [-0.25, -0.2) is 15.0 Å². The zero-order chi connectivity index (χ0) is 22.8. The maximum absolute atomic E-state index is 13.1. The molecule has 5 rings (SSSR count). The van der Waals surface area contributed by atoms with Crippen molar-refractivity contribution in [1.29, 1.82) is 0 Å². The molecule has 1 N–H and O–H groups in total. The molecule has 0 atom stereocenters. The quantitative estimate of drug-likeness (QED) is 0.416. The van der Waals surface area contributed by atoms with Crippen molar-refractivity contribution in [2.45, 2.75) is 19.9 Å². The predicted molar refractivity (Wildman–Crippen MR) is 125 cm³/mol. The number of hydrogen-bond acceptors (Lipinski definition) is 6. The molecule has 2 aromatic carbocycles. The highest BCUT2D eigenvalue weighted by molar-refractivity contribution is 6.03. The highest BCUT2D eigenvalue weighted by Gasteiger charge is 2.20. The summed E-state index contributed by atoms with van der Waals surface area (Å²) in [5, 5.41) is 3.69. The van der Waals surface area contributed by atoms with Gasteiger partial charge in [-0.1, -0.05) is 36.4 Å². The molecule has 0 saturated carbocycles. The van der Waals surface area contributed by atoms with Gasteiger partial charge in [0.15, 0.2) is 5.58 Å². The number of rotatable bonds is 6. The number of carbonyl (C=O) groups excluding carboxylic acids is 1. The molecule has 0 saturated heterocycles. The number of ether oxygens (including phenoxy) is 1. The minimum atomic E-state index is -0.348. The van der Waals surface area contributed by atoms with Crippen molar-refractivity contribution in [3.63, 3.8) is 0 Å². The van der Waals surface area contributed by atoms with Gasteiger partial charge in [0.1, 0.15) is 11.3 Å². The fraction of sp³-hybridized carbons (Fsp3) is 0.154. The number of nitrogens with zero attached hydrogens (tertiary/aromatic N) is 3. The zero-order valence-corrected chi connectivity index (χ0v) is 18.3. The van der Waals surface area contributed by atoms with E-state index in [4.69, 9.17) is 9.15 Å². The third-order valence-electron chi connectivity index (χ3n) is 5.57. The molecular weight excluding hydrogens is 416 g/mol. The molecule has 0 aliphatic rings. The van der Waals surface area contributed by atoms with Crippen LogP contribution < -0.4 is 10.1 Å². The Bertz CT molecular complexity index is 1460. The molecule has 164 valence electrons. The van der Waals surface area contributed by atoms with Crippen LogP contribution in [0.3, 0.4) is 0 Å². The third-order valence-corrected chi connectivity index (χ3v) is 5.57. The Labute approximate surface area is 190 Å². The summed E-state index contributed by atoms with van der Waals surface area (Å²) < 4.78 is 11.2. The van der Waals surface area contributed by atoms with E-state index in [1.165, 1.54) is 0 Å². The minimum Gasteiger partial charge on any atom is -0.497 e. The molecule has 3 heterocycles. The molecule has 1 amide bonds. The molecule has 0 aliphatic heterocycles. The van der Waals surface area contributed by atoms with Gasteiger partial charge in [0.25, 0.3) is 5.91 Å². The molecule has 0 fully saturated rings. The van der Waals surface area contributed by atoms with Crippen molar-refractivity contribution in [3.8, 4) is 5.75 Å². The van der Waals surface area contributed by atoms with Crippen molar-refractivity contribution in [2.75, 3.05) is 7.11 Å². The van der Waals surface area contributed by atoms with E-state index >= 15 is 0 Å². The summed E-state index contributed by atoms with van der Waals surface area (Å²) in [6.45, 7) is 2.34. The molecule has 0 radical (unpaired) electrons. The Morgan fingerprint density at radius 1 is 1.06 bits per heavy atom. The van der Waals surface area contributed by atoms with Crippen molar-refractivity contribution >= 4 is 28.1 Å². The fourth-order valence-corrected chi connectivity index (χ4v) is 3.79. The second-order valence-electron chi connectivity index (χ2n) is 7.77. The van der Waals surface area contributed by atoms with Crippen LogP contribution in [0.25, 0.3) is 22.2 Å². The van der Waals surface area contributed by atoms with Crippen LogP contribution in [0.4, 0.5) is 0 Å². The summed E-state index contributed by atoms with van der Waals surface area (Å²) in [4.78, 5) is 26.5. The SMILES string of the molecule is COc1ccc(CNC(=O)c2nc(Cc3ccccc3)c3oc4ncccc4c3n2)c(C)c1. The molecule has 5 aromatic rings. The maximum atomic E-state index is 13.1. The van der Waals surface area contributed by atoms with E-state index in [1.807, 2.05) is 67.6 Å². The highest BCUT2D eigenvalue weighted by atomic mass is 16.5. The van der Waals surface area contributed by atoms with Gasteiger partial charge in [0.2, 0.25) is 11.5 Å². The molecule has 0 aliphatic carbocycles. The Hall–Kier alpha value is -4.26. The molecule has 7 nitrogen and oxygen atoms in total. The molecule has 7 heteroatoms. The van der Waals surface area contributed by atoms with Crippen LogP contribution in [-0.2, 0) is 13.0 Å². The number of fused-ring (bicyclic) bond motifs is 3. The summed E-state index contributed by atoms with van der Waals surface area (Å²) >= 11 is 0. The van der Waals surface area contributed by atoms with Crippen molar-refractivity contribution < 1.29 is 13.9 Å². The summed E-state index contributed by atoms with van der Waals surface area (Å²) in [5.41, 5.74) is 5.35. The van der Waals surface area contributed by atoms with E-state index in [1.54, 1.807) is 13.3 Å². The van der Waals surface area contributed by atoms with Gasteiger partial charge in [-0.15, -0.1) is 0 Å². The number of aromatic nitrogens is 3. The highest BCUT2D eigenvalue weighted by Crippen LogP contribution is 2.28. The average molecular weight is 438 g/mol. The number of benzene rings is 2. The van der Waals surface area contributed by atoms with Gasteiger partial charge in [0, 0.05) is 19.2 Å². The first kappa shape index (κ1) is 20.6. The molecule has 0 spiro atoms. The van der Waals surface area contributed by atoms with E-state index in [9.17, 15) is 4.79 Å². The summed E-state index contributed by atoms with van der Waals surface area (Å²) in [5.74, 6) is 0.535. The zero-order valence-electron chi connectivity index (χ0n) is 18.3.